The molecule has 3 heteroatoms. The average molecular weight is 233 g/mol. The Bertz CT molecular complexity index is 395. The fraction of sp³-hybridized carbons (Fsp3) is 0.714. The maximum atomic E-state index is 4.75. The highest BCUT2D eigenvalue weighted by Gasteiger charge is 2.28. The number of anilines is 1. The van der Waals surface area contributed by atoms with E-state index in [1.807, 2.05) is 0 Å². The van der Waals surface area contributed by atoms with Crippen LogP contribution in [-0.2, 0) is 0 Å². The summed E-state index contributed by atoms with van der Waals surface area (Å²) in [6, 6.07) is 0. The summed E-state index contributed by atoms with van der Waals surface area (Å²) in [5, 5.41) is 3.43. The van der Waals surface area contributed by atoms with Gasteiger partial charge in [0.05, 0.1) is 5.69 Å². The maximum absolute atomic E-state index is 4.75. The highest BCUT2D eigenvalue weighted by molar-refractivity contribution is 5.47. The highest BCUT2D eigenvalue weighted by atomic mass is 15.0. The second-order valence-electron chi connectivity index (χ2n) is 5.30. The minimum atomic E-state index is 0.470. The zero-order valence-electron chi connectivity index (χ0n) is 11.4. The van der Waals surface area contributed by atoms with Gasteiger partial charge in [0.2, 0.25) is 0 Å². The van der Waals surface area contributed by atoms with Crippen molar-refractivity contribution < 1.29 is 0 Å². The third-order valence-corrected chi connectivity index (χ3v) is 3.23. The van der Waals surface area contributed by atoms with Crippen LogP contribution in [0.2, 0.25) is 0 Å². The van der Waals surface area contributed by atoms with Crippen LogP contribution in [0.4, 0.5) is 5.82 Å². The number of nitrogens with zero attached hydrogens (tertiary/aromatic N) is 2. The second-order valence-corrected chi connectivity index (χ2v) is 5.30. The third kappa shape index (κ3) is 2.76. The molecule has 0 atom stereocenters. The van der Waals surface area contributed by atoms with Gasteiger partial charge in [-0.3, -0.25) is 0 Å². The van der Waals surface area contributed by atoms with Crippen molar-refractivity contribution >= 4 is 5.82 Å². The molecule has 1 aliphatic rings. The van der Waals surface area contributed by atoms with E-state index in [1.54, 1.807) is 0 Å². The standard InChI is InChI=1S/C14H23N3/c1-5-8-15-13-10(4)12(9(2)3)16-14(17-13)11-6-7-11/h9,11H,5-8H2,1-4H3,(H,15,16,17). The Morgan fingerprint density at radius 3 is 2.53 bits per heavy atom. The zero-order chi connectivity index (χ0) is 12.4. The number of aromatic nitrogens is 2. The Labute approximate surface area is 104 Å². The lowest BCUT2D eigenvalue weighted by molar-refractivity contribution is 0.771. The first kappa shape index (κ1) is 12.3. The van der Waals surface area contributed by atoms with Crippen LogP contribution in [-0.4, -0.2) is 16.5 Å². The molecule has 1 aromatic rings. The molecule has 17 heavy (non-hydrogen) atoms. The van der Waals surface area contributed by atoms with Crippen molar-refractivity contribution in [2.75, 3.05) is 11.9 Å². The molecule has 0 radical (unpaired) electrons. The van der Waals surface area contributed by atoms with Crippen LogP contribution in [0.15, 0.2) is 0 Å². The van der Waals surface area contributed by atoms with Crippen LogP contribution in [0, 0.1) is 6.92 Å². The molecule has 0 aliphatic heterocycles. The molecule has 0 amide bonds. The Balaban J connectivity index is 2.34. The predicted molar refractivity (Wildman–Crippen MR) is 71.6 cm³/mol. The van der Waals surface area contributed by atoms with E-state index in [2.05, 4.69) is 33.0 Å². The molecular weight excluding hydrogens is 210 g/mol. The molecule has 0 aromatic carbocycles. The smallest absolute Gasteiger partial charge is 0.134 e. The third-order valence-electron chi connectivity index (χ3n) is 3.23. The molecule has 1 heterocycles. The highest BCUT2D eigenvalue weighted by Crippen LogP contribution is 2.39. The minimum Gasteiger partial charge on any atom is -0.370 e. The number of hydrogen-bond donors (Lipinski definition) is 1. The lowest BCUT2D eigenvalue weighted by atomic mass is 10.0. The lowest BCUT2D eigenvalue weighted by Gasteiger charge is -2.15. The van der Waals surface area contributed by atoms with Gasteiger partial charge in [0.1, 0.15) is 11.6 Å². The van der Waals surface area contributed by atoms with Crippen LogP contribution in [0.25, 0.3) is 0 Å². The molecule has 0 spiro atoms. The average Bonchev–Trinajstić information content (AvgIpc) is 3.11. The number of hydrogen-bond acceptors (Lipinski definition) is 3. The number of nitrogens with one attached hydrogen (secondary N) is 1. The molecule has 94 valence electrons. The Morgan fingerprint density at radius 1 is 1.29 bits per heavy atom. The fourth-order valence-electron chi connectivity index (χ4n) is 2.05. The van der Waals surface area contributed by atoms with E-state index in [0.717, 1.165) is 24.6 Å². The predicted octanol–water partition coefficient (Wildman–Crippen LogP) is 3.61. The lowest BCUT2D eigenvalue weighted by Crippen LogP contribution is -2.11. The van der Waals surface area contributed by atoms with Crippen molar-refractivity contribution in [2.24, 2.45) is 0 Å². The Kier molecular flexibility index (Phi) is 3.65. The second kappa shape index (κ2) is 5.03. The maximum Gasteiger partial charge on any atom is 0.134 e. The molecule has 1 N–H and O–H groups in total. The van der Waals surface area contributed by atoms with E-state index >= 15 is 0 Å². The summed E-state index contributed by atoms with van der Waals surface area (Å²) >= 11 is 0. The minimum absolute atomic E-state index is 0.470. The van der Waals surface area contributed by atoms with E-state index < -0.39 is 0 Å². The Hall–Kier alpha value is -1.12. The Morgan fingerprint density at radius 2 is 2.00 bits per heavy atom. The van der Waals surface area contributed by atoms with Gasteiger partial charge in [0.15, 0.2) is 0 Å². The van der Waals surface area contributed by atoms with Crippen LogP contribution >= 0.6 is 0 Å². The first-order chi connectivity index (χ1) is 8.13. The van der Waals surface area contributed by atoms with Gasteiger partial charge in [-0.05, 0) is 32.1 Å². The zero-order valence-corrected chi connectivity index (χ0v) is 11.4. The quantitative estimate of drug-likeness (QED) is 0.844. The molecular formula is C14H23N3. The van der Waals surface area contributed by atoms with Crippen molar-refractivity contribution in [1.29, 1.82) is 0 Å². The van der Waals surface area contributed by atoms with Gasteiger partial charge in [0, 0.05) is 18.0 Å². The molecule has 0 saturated heterocycles. The molecule has 2 rings (SSSR count). The van der Waals surface area contributed by atoms with Crippen molar-refractivity contribution in [3.8, 4) is 0 Å². The van der Waals surface area contributed by atoms with Gasteiger partial charge < -0.3 is 5.32 Å². The molecule has 0 bridgehead atoms. The molecule has 1 aliphatic carbocycles. The van der Waals surface area contributed by atoms with E-state index in [1.165, 1.54) is 24.1 Å². The summed E-state index contributed by atoms with van der Waals surface area (Å²) in [6.45, 7) is 9.70. The number of rotatable bonds is 5. The summed E-state index contributed by atoms with van der Waals surface area (Å²) in [7, 11) is 0. The first-order valence-corrected chi connectivity index (χ1v) is 6.75. The van der Waals surface area contributed by atoms with Gasteiger partial charge in [-0.1, -0.05) is 20.8 Å². The molecule has 1 fully saturated rings. The molecule has 0 unspecified atom stereocenters. The van der Waals surface area contributed by atoms with E-state index in [-0.39, 0.29) is 0 Å². The largest absolute Gasteiger partial charge is 0.370 e. The van der Waals surface area contributed by atoms with Gasteiger partial charge in [0.25, 0.3) is 0 Å². The fourth-order valence-corrected chi connectivity index (χ4v) is 2.05. The summed E-state index contributed by atoms with van der Waals surface area (Å²) in [4.78, 5) is 9.44. The monoisotopic (exact) mass is 233 g/mol. The van der Waals surface area contributed by atoms with Gasteiger partial charge in [-0.15, -0.1) is 0 Å². The van der Waals surface area contributed by atoms with Crippen molar-refractivity contribution in [2.45, 2.75) is 58.8 Å². The van der Waals surface area contributed by atoms with Crippen LogP contribution in [0.5, 0.6) is 0 Å². The molecule has 1 aromatic heterocycles. The normalized spacial score (nSPS) is 15.4. The summed E-state index contributed by atoms with van der Waals surface area (Å²) < 4.78 is 0. The van der Waals surface area contributed by atoms with E-state index in [9.17, 15) is 0 Å². The molecule has 3 nitrogen and oxygen atoms in total. The SMILES string of the molecule is CCCNc1nc(C2CC2)nc(C(C)C)c1C. The van der Waals surface area contributed by atoms with Crippen molar-refractivity contribution in [1.82, 2.24) is 9.97 Å². The van der Waals surface area contributed by atoms with Crippen LogP contribution < -0.4 is 5.32 Å². The first-order valence-electron chi connectivity index (χ1n) is 6.75. The van der Waals surface area contributed by atoms with Gasteiger partial charge in [-0.25, -0.2) is 9.97 Å². The van der Waals surface area contributed by atoms with Crippen molar-refractivity contribution in [3.63, 3.8) is 0 Å². The summed E-state index contributed by atoms with van der Waals surface area (Å²) in [5.74, 6) is 3.19. The van der Waals surface area contributed by atoms with Crippen LogP contribution in [0.3, 0.4) is 0 Å². The van der Waals surface area contributed by atoms with Crippen molar-refractivity contribution in [3.05, 3.63) is 17.1 Å². The van der Waals surface area contributed by atoms with Crippen LogP contribution in [0.1, 0.15) is 69.0 Å². The topological polar surface area (TPSA) is 37.8 Å². The summed E-state index contributed by atoms with van der Waals surface area (Å²) in [6.07, 6.45) is 3.64. The van der Waals surface area contributed by atoms with Gasteiger partial charge in [-0.2, -0.15) is 0 Å². The molecule has 1 saturated carbocycles. The van der Waals surface area contributed by atoms with E-state index in [4.69, 9.17) is 9.97 Å². The van der Waals surface area contributed by atoms with E-state index in [0.29, 0.717) is 11.8 Å². The van der Waals surface area contributed by atoms with Gasteiger partial charge >= 0.3 is 0 Å². The summed E-state index contributed by atoms with van der Waals surface area (Å²) in [5.41, 5.74) is 2.43.